The van der Waals surface area contributed by atoms with Crippen LogP contribution in [0.4, 0.5) is 0 Å². The van der Waals surface area contributed by atoms with Crippen LogP contribution in [0.2, 0.25) is 0 Å². The second-order valence-electron chi connectivity index (χ2n) is 7.10. The fourth-order valence-corrected chi connectivity index (χ4v) is 2.98. The maximum absolute atomic E-state index is 12.4. The van der Waals surface area contributed by atoms with Crippen LogP contribution >= 0.6 is 0 Å². The minimum atomic E-state index is -0.694. The summed E-state index contributed by atoms with van der Waals surface area (Å²) in [4.78, 5) is 24.5. The minimum absolute atomic E-state index is 0.220. The van der Waals surface area contributed by atoms with Gasteiger partial charge in [0.15, 0.2) is 6.10 Å². The molecular formula is C24H27N3O4. The monoisotopic (exact) mass is 421 g/mol. The Kier molecular flexibility index (Phi) is 7.43. The van der Waals surface area contributed by atoms with Gasteiger partial charge in [0.25, 0.3) is 11.5 Å². The fraction of sp³-hybridized carbons (Fsp3) is 0.292. The van der Waals surface area contributed by atoms with E-state index in [0.717, 1.165) is 11.1 Å². The van der Waals surface area contributed by atoms with Gasteiger partial charge in [-0.3, -0.25) is 9.59 Å². The third-order valence-corrected chi connectivity index (χ3v) is 4.64. The van der Waals surface area contributed by atoms with E-state index in [2.05, 4.69) is 10.4 Å². The Morgan fingerprint density at radius 3 is 2.58 bits per heavy atom. The van der Waals surface area contributed by atoms with E-state index in [9.17, 15) is 9.59 Å². The summed E-state index contributed by atoms with van der Waals surface area (Å²) in [6.07, 6.45) is -0.694. The molecular weight excluding hydrogens is 394 g/mol. The highest BCUT2D eigenvalue weighted by atomic mass is 16.5. The predicted octanol–water partition coefficient (Wildman–Crippen LogP) is 3.20. The first-order valence-electron chi connectivity index (χ1n) is 10.3. The summed E-state index contributed by atoms with van der Waals surface area (Å²) in [5.74, 6) is 0.966. The van der Waals surface area contributed by atoms with Crippen molar-refractivity contribution >= 4 is 5.91 Å². The lowest BCUT2D eigenvalue weighted by Gasteiger charge is -2.15. The Morgan fingerprint density at radius 2 is 1.84 bits per heavy atom. The van der Waals surface area contributed by atoms with Crippen LogP contribution in [-0.2, 0) is 11.3 Å². The molecule has 0 saturated heterocycles. The number of carbonyl (C=O) groups is 1. The van der Waals surface area contributed by atoms with Gasteiger partial charge >= 0.3 is 0 Å². The van der Waals surface area contributed by atoms with Gasteiger partial charge in [-0.25, -0.2) is 4.68 Å². The van der Waals surface area contributed by atoms with Crippen molar-refractivity contribution in [1.29, 1.82) is 0 Å². The van der Waals surface area contributed by atoms with Crippen molar-refractivity contribution in [3.63, 3.8) is 0 Å². The number of rotatable bonds is 9. The smallest absolute Gasteiger partial charge is 0.266 e. The molecule has 0 fully saturated rings. The van der Waals surface area contributed by atoms with Crippen LogP contribution in [-0.4, -0.2) is 34.9 Å². The summed E-state index contributed by atoms with van der Waals surface area (Å²) in [5.41, 5.74) is 2.57. The van der Waals surface area contributed by atoms with E-state index >= 15 is 0 Å². The van der Waals surface area contributed by atoms with Gasteiger partial charge in [0.05, 0.1) is 18.8 Å². The molecule has 1 atom stereocenters. The predicted molar refractivity (Wildman–Crippen MR) is 119 cm³/mol. The van der Waals surface area contributed by atoms with Gasteiger partial charge < -0.3 is 14.8 Å². The average molecular weight is 421 g/mol. The standard InChI is InChI=1S/C24H27N3O4/c1-4-30-20-6-5-7-21(16-20)31-18(3)24(29)25-14-15-27-23(28)13-12-22(26-27)19-10-8-17(2)9-11-19/h5-13,16,18H,4,14-15H2,1-3H3,(H,25,29). The first kappa shape index (κ1) is 22.1. The SMILES string of the molecule is CCOc1cccc(OC(C)C(=O)NCCn2nc(-c3ccc(C)cc3)ccc2=O)c1. The molecule has 3 rings (SSSR count). The zero-order valence-corrected chi connectivity index (χ0v) is 18.0. The highest BCUT2D eigenvalue weighted by Crippen LogP contribution is 2.20. The highest BCUT2D eigenvalue weighted by molar-refractivity contribution is 5.80. The summed E-state index contributed by atoms with van der Waals surface area (Å²) < 4.78 is 12.5. The molecule has 1 N–H and O–H groups in total. The number of ether oxygens (including phenoxy) is 2. The highest BCUT2D eigenvalue weighted by Gasteiger charge is 2.15. The third kappa shape index (κ3) is 6.18. The topological polar surface area (TPSA) is 82.4 Å². The van der Waals surface area contributed by atoms with Crippen molar-refractivity contribution in [3.8, 4) is 22.8 Å². The maximum Gasteiger partial charge on any atom is 0.266 e. The van der Waals surface area contributed by atoms with Crippen LogP contribution in [0.15, 0.2) is 65.5 Å². The van der Waals surface area contributed by atoms with Crippen molar-refractivity contribution in [3.05, 3.63) is 76.6 Å². The maximum atomic E-state index is 12.4. The molecule has 7 heteroatoms. The van der Waals surface area contributed by atoms with E-state index in [1.807, 2.05) is 50.2 Å². The molecule has 0 bridgehead atoms. The number of carbonyl (C=O) groups excluding carboxylic acids is 1. The summed E-state index contributed by atoms with van der Waals surface area (Å²) in [6, 6.07) is 18.3. The molecule has 1 aromatic heterocycles. The van der Waals surface area contributed by atoms with Crippen LogP contribution in [0.1, 0.15) is 19.4 Å². The molecule has 0 radical (unpaired) electrons. The number of amides is 1. The number of hydrogen-bond acceptors (Lipinski definition) is 5. The largest absolute Gasteiger partial charge is 0.494 e. The van der Waals surface area contributed by atoms with Gasteiger partial charge in [0, 0.05) is 24.2 Å². The number of aryl methyl sites for hydroxylation is 1. The molecule has 162 valence electrons. The zero-order chi connectivity index (χ0) is 22.2. The van der Waals surface area contributed by atoms with Crippen molar-refractivity contribution in [2.75, 3.05) is 13.2 Å². The number of hydrogen-bond donors (Lipinski definition) is 1. The number of benzene rings is 2. The molecule has 0 aliphatic heterocycles. The minimum Gasteiger partial charge on any atom is -0.494 e. The summed E-state index contributed by atoms with van der Waals surface area (Å²) in [5, 5.41) is 7.21. The van der Waals surface area contributed by atoms with Crippen molar-refractivity contribution in [2.24, 2.45) is 0 Å². The average Bonchev–Trinajstić information content (AvgIpc) is 2.76. The Labute approximate surface area is 181 Å². The van der Waals surface area contributed by atoms with Crippen LogP contribution in [0.5, 0.6) is 11.5 Å². The van der Waals surface area contributed by atoms with E-state index in [4.69, 9.17) is 9.47 Å². The number of nitrogens with one attached hydrogen (secondary N) is 1. The number of aromatic nitrogens is 2. The Bertz CT molecular complexity index is 1080. The van der Waals surface area contributed by atoms with E-state index in [1.165, 1.54) is 10.7 Å². The molecule has 0 aliphatic rings. The van der Waals surface area contributed by atoms with E-state index in [0.29, 0.717) is 23.8 Å². The fourth-order valence-electron chi connectivity index (χ4n) is 2.98. The molecule has 0 aliphatic carbocycles. The first-order chi connectivity index (χ1) is 15.0. The first-order valence-corrected chi connectivity index (χ1v) is 10.3. The molecule has 1 unspecified atom stereocenters. The second kappa shape index (κ2) is 10.4. The van der Waals surface area contributed by atoms with Crippen molar-refractivity contribution in [1.82, 2.24) is 15.1 Å². The summed E-state index contributed by atoms with van der Waals surface area (Å²) in [7, 11) is 0. The van der Waals surface area contributed by atoms with Crippen LogP contribution in [0, 0.1) is 6.92 Å². The van der Waals surface area contributed by atoms with Crippen molar-refractivity contribution < 1.29 is 14.3 Å². The van der Waals surface area contributed by atoms with Gasteiger partial charge in [0.1, 0.15) is 11.5 Å². The van der Waals surface area contributed by atoms with Gasteiger partial charge in [-0.05, 0) is 39.0 Å². The third-order valence-electron chi connectivity index (χ3n) is 4.64. The van der Waals surface area contributed by atoms with Gasteiger partial charge in [-0.1, -0.05) is 35.9 Å². The van der Waals surface area contributed by atoms with E-state index < -0.39 is 6.10 Å². The Balaban J connectivity index is 1.56. The zero-order valence-electron chi connectivity index (χ0n) is 18.0. The second-order valence-corrected chi connectivity index (χ2v) is 7.10. The Hall–Kier alpha value is -3.61. The normalized spacial score (nSPS) is 11.6. The van der Waals surface area contributed by atoms with E-state index in [1.54, 1.807) is 25.1 Å². The summed E-state index contributed by atoms with van der Waals surface area (Å²) >= 11 is 0. The van der Waals surface area contributed by atoms with Crippen LogP contribution in [0.25, 0.3) is 11.3 Å². The molecule has 0 saturated carbocycles. The summed E-state index contributed by atoms with van der Waals surface area (Å²) in [6.45, 7) is 6.66. The van der Waals surface area contributed by atoms with Crippen LogP contribution < -0.4 is 20.3 Å². The molecule has 2 aromatic carbocycles. The lowest BCUT2D eigenvalue weighted by atomic mass is 10.1. The van der Waals surface area contributed by atoms with Crippen molar-refractivity contribution in [2.45, 2.75) is 33.4 Å². The van der Waals surface area contributed by atoms with Gasteiger partial charge in [-0.2, -0.15) is 5.10 Å². The van der Waals surface area contributed by atoms with E-state index in [-0.39, 0.29) is 24.6 Å². The molecule has 31 heavy (non-hydrogen) atoms. The number of nitrogens with zero attached hydrogens (tertiary/aromatic N) is 2. The van der Waals surface area contributed by atoms with Crippen LogP contribution in [0.3, 0.4) is 0 Å². The lowest BCUT2D eigenvalue weighted by molar-refractivity contribution is -0.127. The molecule has 7 nitrogen and oxygen atoms in total. The van der Waals surface area contributed by atoms with Gasteiger partial charge in [0.2, 0.25) is 0 Å². The quantitative estimate of drug-likeness (QED) is 0.574. The molecule has 3 aromatic rings. The lowest BCUT2D eigenvalue weighted by Crippen LogP contribution is -2.39. The molecule has 1 heterocycles. The van der Waals surface area contributed by atoms with Gasteiger partial charge in [-0.15, -0.1) is 0 Å². The molecule has 1 amide bonds. The molecule has 0 spiro atoms. The Morgan fingerprint density at radius 1 is 1.10 bits per heavy atom.